The summed E-state index contributed by atoms with van der Waals surface area (Å²) in [7, 11) is -3.74. The van der Waals surface area contributed by atoms with E-state index in [1.807, 2.05) is 6.08 Å². The van der Waals surface area contributed by atoms with Crippen molar-refractivity contribution in [1.82, 2.24) is 0 Å². The number of hydrogen-bond acceptors (Lipinski definition) is 3. The number of nitrogens with two attached hydrogens (primary N) is 1. The number of hydrogen-bond donors (Lipinski definition) is 2. The molecule has 0 saturated heterocycles. The van der Waals surface area contributed by atoms with Gasteiger partial charge in [0.25, 0.3) is 0 Å². The second kappa shape index (κ2) is 8.06. The molecular weight excluding hydrogens is 379 g/mol. The van der Waals surface area contributed by atoms with Crippen LogP contribution in [0.1, 0.15) is 11.1 Å². The molecule has 0 radical (unpaired) electrons. The first-order valence-electron chi connectivity index (χ1n) is 8.30. The van der Waals surface area contributed by atoms with Crippen molar-refractivity contribution in [3.63, 3.8) is 0 Å². The first kappa shape index (κ1) is 19.3. The molecule has 0 saturated carbocycles. The van der Waals surface area contributed by atoms with E-state index in [9.17, 15) is 17.6 Å². The molecule has 0 aliphatic heterocycles. The first-order valence-corrected chi connectivity index (χ1v) is 9.78. The van der Waals surface area contributed by atoms with Gasteiger partial charge in [0.2, 0.25) is 9.84 Å². The third kappa shape index (κ3) is 4.63. The van der Waals surface area contributed by atoms with Crippen LogP contribution in [0, 0.1) is 5.82 Å². The Labute approximate surface area is 162 Å². The molecule has 0 atom stereocenters. The van der Waals surface area contributed by atoms with E-state index < -0.39 is 15.9 Å². The summed E-state index contributed by atoms with van der Waals surface area (Å²) in [4.78, 5) is 11.1. The van der Waals surface area contributed by atoms with Crippen LogP contribution >= 0.6 is 0 Å². The second-order valence-electron chi connectivity index (χ2n) is 5.97. The van der Waals surface area contributed by atoms with Crippen molar-refractivity contribution in [2.24, 2.45) is 5.73 Å². The van der Waals surface area contributed by atoms with Gasteiger partial charge in [0.15, 0.2) is 0 Å². The highest BCUT2D eigenvalue weighted by molar-refractivity contribution is 7.91. The number of primary amides is 1. The van der Waals surface area contributed by atoms with Crippen LogP contribution in [0.25, 0.3) is 12.2 Å². The third-order valence-corrected chi connectivity index (χ3v) is 5.71. The quantitative estimate of drug-likeness (QED) is 0.630. The Kier molecular flexibility index (Phi) is 5.56. The van der Waals surface area contributed by atoms with Crippen LogP contribution in [-0.4, -0.2) is 14.4 Å². The average molecular weight is 396 g/mol. The topological polar surface area (TPSA) is 89.3 Å². The molecule has 28 heavy (non-hydrogen) atoms. The lowest BCUT2D eigenvalue weighted by atomic mass is 10.1. The Balaban J connectivity index is 1.82. The van der Waals surface area contributed by atoms with Crippen LogP contribution in [0.5, 0.6) is 0 Å². The van der Waals surface area contributed by atoms with Crippen molar-refractivity contribution in [3.8, 4) is 0 Å². The molecule has 0 bridgehead atoms. The Hall–Kier alpha value is -3.45. The number of carbonyl (C=O) groups is 1. The Bertz CT molecular complexity index is 1120. The minimum absolute atomic E-state index is 0.0494. The van der Waals surface area contributed by atoms with Crippen molar-refractivity contribution in [3.05, 3.63) is 89.7 Å². The SMILES string of the molecule is NC(=O)Nc1cccc(S(=O)(=O)c2ccc(/C=C/c3ccc(F)cc3)cc2)c1. The maximum atomic E-state index is 12.9. The molecule has 0 fully saturated rings. The van der Waals surface area contributed by atoms with Crippen LogP contribution < -0.4 is 11.1 Å². The lowest BCUT2D eigenvalue weighted by Crippen LogP contribution is -2.19. The van der Waals surface area contributed by atoms with Crippen molar-refractivity contribution in [1.29, 1.82) is 0 Å². The fraction of sp³-hybridized carbons (Fsp3) is 0. The van der Waals surface area contributed by atoms with Gasteiger partial charge in [-0.25, -0.2) is 17.6 Å². The summed E-state index contributed by atoms with van der Waals surface area (Å²) < 4.78 is 38.5. The van der Waals surface area contributed by atoms with E-state index in [2.05, 4.69) is 5.32 Å². The third-order valence-electron chi connectivity index (χ3n) is 3.94. The van der Waals surface area contributed by atoms with Crippen molar-refractivity contribution >= 4 is 33.7 Å². The van der Waals surface area contributed by atoms with Gasteiger partial charge in [0, 0.05) is 5.69 Å². The van der Waals surface area contributed by atoms with Gasteiger partial charge in [-0.1, -0.05) is 42.5 Å². The highest BCUT2D eigenvalue weighted by Crippen LogP contribution is 2.24. The molecule has 0 aromatic heterocycles. The van der Waals surface area contributed by atoms with E-state index in [1.165, 1.54) is 42.5 Å². The summed E-state index contributed by atoms with van der Waals surface area (Å²) >= 11 is 0. The zero-order valence-corrected chi connectivity index (χ0v) is 15.5. The fourth-order valence-corrected chi connectivity index (χ4v) is 3.85. The maximum Gasteiger partial charge on any atom is 0.316 e. The maximum absolute atomic E-state index is 12.9. The molecule has 0 spiro atoms. The molecule has 3 aromatic rings. The van der Waals surface area contributed by atoms with Gasteiger partial charge in [-0.15, -0.1) is 0 Å². The molecule has 7 heteroatoms. The molecule has 142 valence electrons. The monoisotopic (exact) mass is 396 g/mol. The van der Waals surface area contributed by atoms with E-state index in [0.717, 1.165) is 11.1 Å². The molecule has 3 rings (SSSR count). The summed E-state index contributed by atoms with van der Waals surface area (Å²) in [6.07, 6.45) is 3.61. The van der Waals surface area contributed by atoms with Crippen molar-refractivity contribution < 1.29 is 17.6 Å². The van der Waals surface area contributed by atoms with Gasteiger partial charge in [0.05, 0.1) is 9.79 Å². The Morgan fingerprint density at radius 1 is 0.857 bits per heavy atom. The fourth-order valence-electron chi connectivity index (χ4n) is 2.54. The van der Waals surface area contributed by atoms with Gasteiger partial charge in [-0.05, 0) is 53.6 Å². The normalized spacial score (nSPS) is 11.5. The van der Waals surface area contributed by atoms with Crippen LogP contribution in [0.15, 0.2) is 82.6 Å². The summed E-state index contributed by atoms with van der Waals surface area (Å²) in [5.74, 6) is -0.304. The summed E-state index contributed by atoms with van der Waals surface area (Å²) in [5.41, 5.74) is 6.99. The van der Waals surface area contributed by atoms with Crippen molar-refractivity contribution in [2.45, 2.75) is 9.79 Å². The molecule has 0 aliphatic rings. The molecular formula is C21H17FN2O3S. The van der Waals surface area contributed by atoms with Gasteiger partial charge >= 0.3 is 6.03 Å². The molecule has 0 heterocycles. The predicted octanol–water partition coefficient (Wildman–Crippen LogP) is 4.32. The Morgan fingerprint density at radius 3 is 2.00 bits per heavy atom. The molecule has 0 aliphatic carbocycles. The lowest BCUT2D eigenvalue weighted by molar-refractivity contribution is 0.259. The highest BCUT2D eigenvalue weighted by Gasteiger charge is 2.18. The van der Waals surface area contributed by atoms with Crippen LogP contribution in [0.4, 0.5) is 14.9 Å². The van der Waals surface area contributed by atoms with E-state index in [4.69, 9.17) is 5.73 Å². The number of urea groups is 1. The van der Waals surface area contributed by atoms with E-state index >= 15 is 0 Å². The number of anilines is 1. The largest absolute Gasteiger partial charge is 0.351 e. The number of benzene rings is 3. The minimum atomic E-state index is -3.74. The van der Waals surface area contributed by atoms with Gasteiger partial charge < -0.3 is 11.1 Å². The predicted molar refractivity (Wildman–Crippen MR) is 107 cm³/mol. The summed E-state index contributed by atoms with van der Waals surface area (Å²) in [6, 6.07) is 17.5. The number of carbonyl (C=O) groups excluding carboxylic acids is 1. The van der Waals surface area contributed by atoms with E-state index in [-0.39, 0.29) is 15.6 Å². The second-order valence-corrected chi connectivity index (χ2v) is 7.92. The number of amides is 2. The Morgan fingerprint density at radius 2 is 1.43 bits per heavy atom. The van der Waals surface area contributed by atoms with E-state index in [0.29, 0.717) is 5.69 Å². The minimum Gasteiger partial charge on any atom is -0.351 e. The average Bonchev–Trinajstić information content (AvgIpc) is 2.67. The number of nitrogens with one attached hydrogen (secondary N) is 1. The standard InChI is InChI=1S/C21H17FN2O3S/c22-17-10-6-15(7-11-17)4-5-16-8-12-19(13-9-16)28(26,27)20-3-1-2-18(14-20)24-21(23)25/h1-14H,(H3,23,24,25)/b5-4+. The molecule has 2 amide bonds. The zero-order chi connectivity index (χ0) is 20.1. The van der Waals surface area contributed by atoms with Crippen LogP contribution in [0.2, 0.25) is 0 Å². The van der Waals surface area contributed by atoms with Crippen LogP contribution in [-0.2, 0) is 9.84 Å². The number of halogens is 1. The molecule has 5 nitrogen and oxygen atoms in total. The van der Waals surface area contributed by atoms with Gasteiger partial charge in [-0.3, -0.25) is 0 Å². The summed E-state index contributed by atoms with van der Waals surface area (Å²) in [5, 5.41) is 2.36. The zero-order valence-electron chi connectivity index (χ0n) is 14.7. The highest BCUT2D eigenvalue weighted by atomic mass is 32.2. The first-order chi connectivity index (χ1) is 13.3. The smallest absolute Gasteiger partial charge is 0.316 e. The van der Waals surface area contributed by atoms with Crippen LogP contribution in [0.3, 0.4) is 0 Å². The number of rotatable bonds is 5. The summed E-state index contributed by atoms with van der Waals surface area (Å²) in [6.45, 7) is 0. The van der Waals surface area contributed by atoms with Gasteiger partial charge in [-0.2, -0.15) is 0 Å². The molecule has 0 unspecified atom stereocenters. The lowest BCUT2D eigenvalue weighted by Gasteiger charge is -2.07. The van der Waals surface area contributed by atoms with E-state index in [1.54, 1.807) is 36.4 Å². The molecule has 3 aromatic carbocycles. The van der Waals surface area contributed by atoms with Crippen molar-refractivity contribution in [2.75, 3.05) is 5.32 Å². The molecule has 3 N–H and O–H groups in total. The van der Waals surface area contributed by atoms with Gasteiger partial charge in [0.1, 0.15) is 5.82 Å². The number of sulfone groups is 1.